The van der Waals surface area contributed by atoms with Gasteiger partial charge >= 0.3 is 5.97 Å². The van der Waals surface area contributed by atoms with Gasteiger partial charge < -0.3 is 14.6 Å². The van der Waals surface area contributed by atoms with E-state index in [2.05, 4.69) is 4.99 Å². The van der Waals surface area contributed by atoms with Crippen LogP contribution in [0.15, 0.2) is 28.4 Å². The molecule has 6 nitrogen and oxygen atoms in total. The molecule has 1 unspecified atom stereocenters. The van der Waals surface area contributed by atoms with Crippen LogP contribution >= 0.6 is 11.6 Å². The van der Waals surface area contributed by atoms with Crippen LogP contribution in [0.3, 0.4) is 0 Å². The molecule has 0 radical (unpaired) electrons. The zero-order valence-electron chi connectivity index (χ0n) is 17.9. The molecule has 1 aliphatic heterocycles. The van der Waals surface area contributed by atoms with Crippen molar-refractivity contribution >= 4 is 29.1 Å². The number of benzene rings is 1. The molecule has 0 saturated heterocycles. The molecular weight excluding hydrogens is 418 g/mol. The Bertz CT molecular complexity index is 961. The Kier molecular flexibility index (Phi) is 6.37. The van der Waals surface area contributed by atoms with Gasteiger partial charge in [0, 0.05) is 29.3 Å². The summed E-state index contributed by atoms with van der Waals surface area (Å²) in [7, 11) is 1.44. The van der Waals surface area contributed by atoms with E-state index in [-0.39, 0.29) is 34.4 Å². The Labute approximate surface area is 187 Å². The first-order valence-corrected chi connectivity index (χ1v) is 11.4. The van der Waals surface area contributed by atoms with Crippen molar-refractivity contribution in [3.8, 4) is 11.5 Å². The Hall–Kier alpha value is -2.34. The minimum Gasteiger partial charge on any atom is -0.503 e. The van der Waals surface area contributed by atoms with E-state index in [1.165, 1.54) is 7.11 Å². The van der Waals surface area contributed by atoms with Crippen LogP contribution in [-0.2, 0) is 14.3 Å². The van der Waals surface area contributed by atoms with Crippen LogP contribution in [0.25, 0.3) is 0 Å². The number of hydrogen-bond donors (Lipinski definition) is 1. The number of phenolic OH excluding ortho intramolecular Hbond substituents is 1. The molecule has 1 aromatic carbocycles. The minimum absolute atomic E-state index is 0.00105. The zero-order valence-corrected chi connectivity index (χ0v) is 18.7. The first-order valence-electron chi connectivity index (χ1n) is 11.0. The maximum atomic E-state index is 13.4. The summed E-state index contributed by atoms with van der Waals surface area (Å²) >= 11 is 6.27. The molecule has 0 aromatic heterocycles. The van der Waals surface area contributed by atoms with Crippen LogP contribution in [0.2, 0.25) is 5.02 Å². The van der Waals surface area contributed by atoms with Crippen LogP contribution in [0.4, 0.5) is 0 Å². The maximum absolute atomic E-state index is 13.4. The van der Waals surface area contributed by atoms with Crippen LogP contribution < -0.4 is 4.74 Å². The van der Waals surface area contributed by atoms with Gasteiger partial charge in [-0.05, 0) is 63.1 Å². The van der Waals surface area contributed by atoms with Crippen molar-refractivity contribution in [1.82, 2.24) is 0 Å². The number of hydrogen-bond acceptors (Lipinski definition) is 6. The van der Waals surface area contributed by atoms with Gasteiger partial charge in [-0.3, -0.25) is 14.6 Å². The molecule has 166 valence electrons. The van der Waals surface area contributed by atoms with Gasteiger partial charge in [0.25, 0.3) is 0 Å². The van der Waals surface area contributed by atoms with Crippen molar-refractivity contribution in [3.05, 3.63) is 34.0 Å². The van der Waals surface area contributed by atoms with E-state index in [0.29, 0.717) is 29.7 Å². The number of carbonyl (C=O) groups excluding carboxylic acids is 2. The number of esters is 1. The highest BCUT2D eigenvalue weighted by Gasteiger charge is 2.44. The molecule has 7 heteroatoms. The van der Waals surface area contributed by atoms with Gasteiger partial charge in [-0.25, -0.2) is 0 Å². The first-order chi connectivity index (χ1) is 14.9. The van der Waals surface area contributed by atoms with Crippen LogP contribution in [0.1, 0.15) is 69.8 Å². The number of methoxy groups -OCH3 is 1. The summed E-state index contributed by atoms with van der Waals surface area (Å²) in [6.45, 7) is 1.82. The van der Waals surface area contributed by atoms with Crippen LogP contribution in [-0.4, -0.2) is 35.8 Å². The second-order valence-corrected chi connectivity index (χ2v) is 9.00. The molecule has 0 bridgehead atoms. The molecule has 2 aliphatic carbocycles. The van der Waals surface area contributed by atoms with E-state index in [9.17, 15) is 14.7 Å². The fourth-order valence-corrected chi connectivity index (χ4v) is 5.24. The number of nitrogens with zero attached hydrogens (tertiary/aromatic N) is 1. The van der Waals surface area contributed by atoms with E-state index >= 15 is 0 Å². The molecule has 1 N–H and O–H groups in total. The third-order valence-electron chi connectivity index (χ3n) is 6.55. The smallest absolute Gasteiger partial charge is 0.315 e. The Balaban J connectivity index is 1.78. The fraction of sp³-hybridized carbons (Fsp3) is 0.542. The Morgan fingerprint density at radius 2 is 1.90 bits per heavy atom. The average molecular weight is 446 g/mol. The van der Waals surface area contributed by atoms with Gasteiger partial charge in [-0.1, -0.05) is 18.0 Å². The number of rotatable bonds is 4. The van der Waals surface area contributed by atoms with E-state index in [4.69, 9.17) is 21.1 Å². The highest BCUT2D eigenvalue weighted by atomic mass is 35.5. The molecule has 1 aromatic rings. The van der Waals surface area contributed by atoms with Gasteiger partial charge in [-0.15, -0.1) is 0 Å². The number of aliphatic imine (C=N–C) groups is 1. The zero-order chi connectivity index (χ0) is 22.1. The van der Waals surface area contributed by atoms with Crippen molar-refractivity contribution in [2.75, 3.05) is 7.11 Å². The van der Waals surface area contributed by atoms with Crippen molar-refractivity contribution in [3.63, 3.8) is 0 Å². The van der Waals surface area contributed by atoms with Crippen LogP contribution in [0, 0.1) is 5.92 Å². The van der Waals surface area contributed by atoms with Crippen molar-refractivity contribution < 1.29 is 24.2 Å². The summed E-state index contributed by atoms with van der Waals surface area (Å²) < 4.78 is 11.2. The van der Waals surface area contributed by atoms with E-state index in [1.54, 1.807) is 12.1 Å². The summed E-state index contributed by atoms with van der Waals surface area (Å²) in [5, 5.41) is 10.3. The van der Waals surface area contributed by atoms with Crippen molar-refractivity contribution in [2.45, 2.75) is 70.3 Å². The first kappa shape index (κ1) is 21.9. The molecular formula is C24H28ClNO5. The molecule has 31 heavy (non-hydrogen) atoms. The Morgan fingerprint density at radius 1 is 1.16 bits per heavy atom. The van der Waals surface area contributed by atoms with Gasteiger partial charge in [0.15, 0.2) is 17.3 Å². The second kappa shape index (κ2) is 9.03. The largest absolute Gasteiger partial charge is 0.503 e. The van der Waals surface area contributed by atoms with Gasteiger partial charge in [0.1, 0.15) is 12.0 Å². The molecule has 4 rings (SSSR count). The molecule has 1 heterocycles. The monoisotopic (exact) mass is 445 g/mol. The molecule has 0 spiro atoms. The quantitative estimate of drug-likeness (QED) is 0.651. The summed E-state index contributed by atoms with van der Waals surface area (Å²) in [4.78, 5) is 31.1. The number of ether oxygens (including phenoxy) is 2. The molecule has 1 saturated carbocycles. The third-order valence-corrected chi connectivity index (χ3v) is 6.84. The van der Waals surface area contributed by atoms with Gasteiger partial charge in [0.05, 0.1) is 12.1 Å². The van der Waals surface area contributed by atoms with E-state index < -0.39 is 11.8 Å². The third kappa shape index (κ3) is 4.22. The topological polar surface area (TPSA) is 85.2 Å². The standard InChI is InChI=1S/C24H28ClNO5/c1-13-20(24(29)31-15-7-4-3-5-8-15)21(22-17(26-13)9-6-10-18(22)27)14-11-16(25)23(28)19(12-14)30-2/h11-12,15,20-21,28H,3-10H2,1-2H3/t20?,21-/m0/s1. The number of Topliss-reactive ketones (excluding diaryl/α,β-unsaturated/α-hetero) is 1. The Morgan fingerprint density at radius 3 is 2.61 bits per heavy atom. The lowest BCUT2D eigenvalue weighted by Gasteiger charge is -2.35. The van der Waals surface area contributed by atoms with Crippen LogP contribution in [0.5, 0.6) is 11.5 Å². The molecule has 3 aliphatic rings. The van der Waals surface area contributed by atoms with Gasteiger partial charge in [-0.2, -0.15) is 0 Å². The lowest BCUT2D eigenvalue weighted by Crippen LogP contribution is -2.38. The lowest BCUT2D eigenvalue weighted by molar-refractivity contribution is -0.153. The number of phenols is 1. The molecule has 0 amide bonds. The summed E-state index contributed by atoms with van der Waals surface area (Å²) in [5.74, 6) is -1.60. The van der Waals surface area contributed by atoms with Gasteiger partial charge in [0.2, 0.25) is 0 Å². The molecule has 1 fully saturated rings. The fourth-order valence-electron chi connectivity index (χ4n) is 5.02. The highest BCUT2D eigenvalue weighted by Crippen LogP contribution is 2.47. The normalized spacial score (nSPS) is 24.5. The highest BCUT2D eigenvalue weighted by molar-refractivity contribution is 6.32. The summed E-state index contributed by atoms with van der Waals surface area (Å²) in [6.07, 6.45) is 6.78. The maximum Gasteiger partial charge on any atom is 0.315 e. The minimum atomic E-state index is -0.715. The summed E-state index contributed by atoms with van der Waals surface area (Å²) in [6, 6.07) is 3.26. The number of carbonyl (C=O) groups is 2. The lowest BCUT2D eigenvalue weighted by atomic mass is 9.71. The number of allylic oxidation sites excluding steroid dienone is 2. The summed E-state index contributed by atoms with van der Waals surface area (Å²) in [5.41, 5.74) is 2.58. The second-order valence-electron chi connectivity index (χ2n) is 8.60. The SMILES string of the molecule is COc1cc([C@@H]2C3=C(CCCC3=O)N=C(C)C2C(=O)OC2CCCCC2)cc(Cl)c1O. The predicted molar refractivity (Wildman–Crippen MR) is 118 cm³/mol. The number of ketones is 1. The van der Waals surface area contributed by atoms with Crippen molar-refractivity contribution in [2.24, 2.45) is 10.9 Å². The average Bonchev–Trinajstić information content (AvgIpc) is 2.75. The number of halogens is 1. The van der Waals surface area contributed by atoms with E-state index in [1.807, 2.05) is 6.92 Å². The predicted octanol–water partition coefficient (Wildman–Crippen LogP) is 5.11. The number of aromatic hydroxyl groups is 1. The molecule has 2 atom stereocenters. The van der Waals surface area contributed by atoms with E-state index in [0.717, 1.165) is 44.2 Å². The van der Waals surface area contributed by atoms with Crippen molar-refractivity contribution in [1.29, 1.82) is 0 Å².